The number of aromatic nitrogens is 3. The van der Waals surface area contributed by atoms with Crippen LogP contribution in [0.4, 0.5) is 11.6 Å². The standard InChI is InChI=1S/C14H20N6/c1-4-7-16-12-10-20-9-8-17-13(20)14(18-12)19(3)11(2)5-6-15/h8-11,16H,4-5,7H2,1-3H3. The average Bonchev–Trinajstić information content (AvgIpc) is 2.91. The Hall–Kier alpha value is -2.29. The van der Waals surface area contributed by atoms with Gasteiger partial charge in [-0.05, 0) is 13.3 Å². The Kier molecular flexibility index (Phi) is 4.41. The van der Waals surface area contributed by atoms with Crippen molar-refractivity contribution in [2.45, 2.75) is 32.7 Å². The van der Waals surface area contributed by atoms with Crippen molar-refractivity contribution < 1.29 is 0 Å². The van der Waals surface area contributed by atoms with Crippen molar-refractivity contribution in [2.75, 3.05) is 23.8 Å². The number of rotatable bonds is 6. The maximum Gasteiger partial charge on any atom is 0.180 e. The fourth-order valence-corrected chi connectivity index (χ4v) is 1.97. The zero-order valence-electron chi connectivity index (χ0n) is 12.2. The lowest BCUT2D eigenvalue weighted by Gasteiger charge is -2.24. The van der Waals surface area contributed by atoms with Gasteiger partial charge in [-0.2, -0.15) is 5.26 Å². The summed E-state index contributed by atoms with van der Waals surface area (Å²) in [5.41, 5.74) is 0.805. The molecule has 0 aliphatic heterocycles. The van der Waals surface area contributed by atoms with Crippen LogP contribution in [-0.2, 0) is 0 Å². The second kappa shape index (κ2) is 6.24. The summed E-state index contributed by atoms with van der Waals surface area (Å²) >= 11 is 0. The fourth-order valence-electron chi connectivity index (χ4n) is 1.97. The first-order chi connectivity index (χ1) is 9.67. The first kappa shape index (κ1) is 14.1. The number of nitrogens with one attached hydrogen (secondary N) is 1. The molecule has 2 aromatic heterocycles. The summed E-state index contributed by atoms with van der Waals surface area (Å²) in [6.07, 6.45) is 7.09. The fraction of sp³-hybridized carbons (Fsp3) is 0.500. The average molecular weight is 272 g/mol. The monoisotopic (exact) mass is 272 g/mol. The van der Waals surface area contributed by atoms with Gasteiger partial charge in [-0.3, -0.25) is 0 Å². The van der Waals surface area contributed by atoms with Gasteiger partial charge >= 0.3 is 0 Å². The van der Waals surface area contributed by atoms with Gasteiger partial charge in [0, 0.05) is 32.0 Å². The predicted molar refractivity (Wildman–Crippen MR) is 79.9 cm³/mol. The van der Waals surface area contributed by atoms with Gasteiger partial charge in [-0.25, -0.2) is 9.97 Å². The van der Waals surface area contributed by atoms with E-state index >= 15 is 0 Å². The summed E-state index contributed by atoms with van der Waals surface area (Å²) in [6.45, 7) is 5.01. The predicted octanol–water partition coefficient (Wildman–Crippen LogP) is 2.29. The molecule has 106 valence electrons. The summed E-state index contributed by atoms with van der Waals surface area (Å²) in [6, 6.07) is 2.29. The Bertz CT molecular complexity index is 612. The van der Waals surface area contributed by atoms with Crippen LogP contribution in [0, 0.1) is 11.3 Å². The summed E-state index contributed by atoms with van der Waals surface area (Å²) in [7, 11) is 1.95. The zero-order valence-corrected chi connectivity index (χ0v) is 12.2. The first-order valence-electron chi connectivity index (χ1n) is 6.84. The molecule has 0 saturated carbocycles. The third-order valence-corrected chi connectivity index (χ3v) is 3.29. The van der Waals surface area contributed by atoms with E-state index in [1.807, 2.05) is 35.7 Å². The van der Waals surface area contributed by atoms with Gasteiger partial charge < -0.3 is 14.6 Å². The van der Waals surface area contributed by atoms with Crippen LogP contribution in [0.25, 0.3) is 5.65 Å². The molecule has 0 amide bonds. The van der Waals surface area contributed by atoms with Gasteiger partial charge in [-0.15, -0.1) is 0 Å². The highest BCUT2D eigenvalue weighted by Gasteiger charge is 2.16. The Morgan fingerprint density at radius 1 is 1.55 bits per heavy atom. The molecule has 0 saturated heterocycles. The van der Waals surface area contributed by atoms with E-state index in [1.54, 1.807) is 6.20 Å². The van der Waals surface area contributed by atoms with Crippen molar-refractivity contribution in [3.63, 3.8) is 0 Å². The number of fused-ring (bicyclic) bond motifs is 1. The van der Waals surface area contributed by atoms with E-state index in [0.29, 0.717) is 6.42 Å². The van der Waals surface area contributed by atoms with E-state index in [1.165, 1.54) is 0 Å². The molecule has 6 heteroatoms. The lowest BCUT2D eigenvalue weighted by Crippen LogP contribution is -2.30. The van der Waals surface area contributed by atoms with E-state index in [4.69, 9.17) is 5.26 Å². The van der Waals surface area contributed by atoms with E-state index < -0.39 is 0 Å². The van der Waals surface area contributed by atoms with Crippen LogP contribution in [0.15, 0.2) is 18.6 Å². The maximum absolute atomic E-state index is 8.85. The molecule has 0 aliphatic carbocycles. The summed E-state index contributed by atoms with van der Waals surface area (Å²) in [5.74, 6) is 1.61. The topological polar surface area (TPSA) is 69.2 Å². The largest absolute Gasteiger partial charge is 0.369 e. The zero-order chi connectivity index (χ0) is 14.5. The van der Waals surface area contributed by atoms with Gasteiger partial charge in [0.2, 0.25) is 0 Å². The number of nitriles is 1. The van der Waals surface area contributed by atoms with Crippen molar-refractivity contribution in [2.24, 2.45) is 0 Å². The van der Waals surface area contributed by atoms with Crippen LogP contribution in [-0.4, -0.2) is 34.0 Å². The van der Waals surface area contributed by atoms with Crippen LogP contribution in [0.5, 0.6) is 0 Å². The number of imidazole rings is 1. The van der Waals surface area contributed by atoms with Crippen molar-refractivity contribution >= 4 is 17.3 Å². The molecule has 0 aromatic carbocycles. The number of anilines is 2. The molecular formula is C14H20N6. The van der Waals surface area contributed by atoms with E-state index in [9.17, 15) is 0 Å². The highest BCUT2D eigenvalue weighted by atomic mass is 15.2. The van der Waals surface area contributed by atoms with Crippen LogP contribution >= 0.6 is 0 Å². The Morgan fingerprint density at radius 3 is 3.05 bits per heavy atom. The number of nitrogens with zero attached hydrogens (tertiary/aromatic N) is 5. The summed E-state index contributed by atoms with van der Waals surface area (Å²) in [5, 5.41) is 12.1. The van der Waals surface area contributed by atoms with Crippen LogP contribution < -0.4 is 10.2 Å². The second-order valence-electron chi connectivity index (χ2n) is 4.86. The Balaban J connectivity index is 2.39. The SMILES string of the molecule is CCCNc1cn2ccnc2c(N(C)C(C)CC#N)n1. The van der Waals surface area contributed by atoms with Crippen LogP contribution in [0.3, 0.4) is 0 Å². The molecule has 1 atom stereocenters. The van der Waals surface area contributed by atoms with Gasteiger partial charge in [0.1, 0.15) is 5.82 Å². The molecule has 6 nitrogen and oxygen atoms in total. The second-order valence-corrected chi connectivity index (χ2v) is 4.86. The molecule has 1 unspecified atom stereocenters. The lowest BCUT2D eigenvalue weighted by molar-refractivity contribution is 0.694. The van der Waals surface area contributed by atoms with Crippen molar-refractivity contribution in [1.82, 2.24) is 14.4 Å². The van der Waals surface area contributed by atoms with Gasteiger partial charge in [0.05, 0.1) is 18.7 Å². The molecule has 0 radical (unpaired) electrons. The van der Waals surface area contributed by atoms with Crippen molar-refractivity contribution in [3.05, 3.63) is 18.6 Å². The molecular weight excluding hydrogens is 252 g/mol. The molecule has 2 aromatic rings. The number of hydrogen-bond donors (Lipinski definition) is 1. The van der Waals surface area contributed by atoms with Gasteiger partial charge in [0.15, 0.2) is 11.5 Å². The Labute approximate surface area is 119 Å². The molecule has 0 bridgehead atoms. The van der Waals surface area contributed by atoms with E-state index in [0.717, 1.165) is 30.2 Å². The summed E-state index contributed by atoms with van der Waals surface area (Å²) < 4.78 is 1.95. The van der Waals surface area contributed by atoms with E-state index in [2.05, 4.69) is 28.3 Å². The molecule has 0 fully saturated rings. The third kappa shape index (κ3) is 2.82. The number of hydrogen-bond acceptors (Lipinski definition) is 5. The molecule has 20 heavy (non-hydrogen) atoms. The van der Waals surface area contributed by atoms with E-state index in [-0.39, 0.29) is 6.04 Å². The Morgan fingerprint density at radius 2 is 2.35 bits per heavy atom. The highest BCUT2D eigenvalue weighted by Crippen LogP contribution is 2.22. The third-order valence-electron chi connectivity index (χ3n) is 3.29. The minimum atomic E-state index is 0.0921. The van der Waals surface area contributed by atoms with Crippen LogP contribution in [0.1, 0.15) is 26.7 Å². The smallest absolute Gasteiger partial charge is 0.180 e. The molecule has 0 aliphatic rings. The van der Waals surface area contributed by atoms with Gasteiger partial charge in [-0.1, -0.05) is 6.92 Å². The lowest BCUT2D eigenvalue weighted by atomic mass is 10.2. The normalized spacial score (nSPS) is 12.1. The van der Waals surface area contributed by atoms with Crippen molar-refractivity contribution in [1.29, 1.82) is 5.26 Å². The molecule has 2 rings (SSSR count). The maximum atomic E-state index is 8.85. The highest BCUT2D eigenvalue weighted by molar-refractivity contribution is 5.66. The van der Waals surface area contributed by atoms with Gasteiger partial charge in [0.25, 0.3) is 0 Å². The van der Waals surface area contributed by atoms with Crippen molar-refractivity contribution in [3.8, 4) is 6.07 Å². The molecule has 0 spiro atoms. The molecule has 1 N–H and O–H groups in total. The quantitative estimate of drug-likeness (QED) is 0.873. The minimum absolute atomic E-state index is 0.0921. The summed E-state index contributed by atoms with van der Waals surface area (Å²) in [4.78, 5) is 11.0. The minimum Gasteiger partial charge on any atom is -0.369 e. The molecule has 2 heterocycles. The van der Waals surface area contributed by atoms with Crippen LogP contribution in [0.2, 0.25) is 0 Å². The first-order valence-corrected chi connectivity index (χ1v) is 6.84.